The van der Waals surface area contributed by atoms with Gasteiger partial charge in [-0.3, -0.25) is 0 Å². The van der Waals surface area contributed by atoms with E-state index in [1.54, 1.807) is 15.1 Å². The third-order valence-electron chi connectivity index (χ3n) is 5.73. The summed E-state index contributed by atoms with van der Waals surface area (Å²) in [5.41, 5.74) is 1.99. The Labute approximate surface area is 201 Å². The first kappa shape index (κ1) is 22.7. The molecule has 0 aliphatic carbocycles. The second kappa shape index (κ2) is 9.28. The zero-order chi connectivity index (χ0) is 23.7. The number of hydrogen-bond donors (Lipinski definition) is 0. The van der Waals surface area contributed by atoms with E-state index in [1.807, 2.05) is 49.1 Å². The summed E-state index contributed by atoms with van der Waals surface area (Å²) in [6.45, 7) is 6.33. The number of aromatic nitrogens is 5. The van der Waals surface area contributed by atoms with Gasteiger partial charge >= 0.3 is 0 Å². The molecule has 4 aromatic rings. The van der Waals surface area contributed by atoms with Gasteiger partial charge in [-0.1, -0.05) is 12.1 Å². The van der Waals surface area contributed by atoms with Crippen LogP contribution in [0.5, 0.6) is 5.75 Å². The summed E-state index contributed by atoms with van der Waals surface area (Å²) in [4.78, 5) is 12.0. The third-order valence-corrected chi connectivity index (χ3v) is 9.32. The molecular weight excluding hydrogens is 474 g/mol. The third kappa shape index (κ3) is 4.12. The highest BCUT2D eigenvalue weighted by Gasteiger charge is 2.31. The summed E-state index contributed by atoms with van der Waals surface area (Å²) >= 11 is 1.34. The number of fused-ring (bicyclic) bond motifs is 1. The van der Waals surface area contributed by atoms with E-state index in [4.69, 9.17) is 4.74 Å². The van der Waals surface area contributed by atoms with Gasteiger partial charge < -0.3 is 9.64 Å². The highest BCUT2D eigenvalue weighted by atomic mass is 32.2. The Morgan fingerprint density at radius 3 is 2.44 bits per heavy atom. The molecule has 10 nitrogen and oxygen atoms in total. The second-order valence-corrected chi connectivity index (χ2v) is 11.1. The average Bonchev–Trinajstić information content (AvgIpc) is 3.53. The fraction of sp³-hybridized carbons (Fsp3) is 0.364. The van der Waals surface area contributed by atoms with Crippen LogP contribution in [0.25, 0.3) is 16.9 Å². The molecule has 5 rings (SSSR count). The van der Waals surface area contributed by atoms with Gasteiger partial charge in [-0.25, -0.2) is 18.4 Å². The fourth-order valence-corrected chi connectivity index (χ4v) is 6.82. The van der Waals surface area contributed by atoms with Crippen LogP contribution in [-0.4, -0.2) is 70.5 Å². The maximum Gasteiger partial charge on any atom is 0.252 e. The molecule has 1 fully saturated rings. The van der Waals surface area contributed by atoms with Crippen molar-refractivity contribution < 1.29 is 13.2 Å². The summed E-state index contributed by atoms with van der Waals surface area (Å²) in [5.74, 6) is 1.44. The van der Waals surface area contributed by atoms with Gasteiger partial charge in [-0.15, -0.1) is 16.4 Å². The van der Waals surface area contributed by atoms with Crippen LogP contribution in [-0.2, 0) is 16.4 Å². The van der Waals surface area contributed by atoms with Crippen molar-refractivity contribution in [3.8, 4) is 11.4 Å². The first-order chi connectivity index (χ1) is 16.5. The lowest BCUT2D eigenvalue weighted by Gasteiger charge is -2.34. The lowest BCUT2D eigenvalue weighted by molar-refractivity contribution is 0.340. The van der Waals surface area contributed by atoms with Gasteiger partial charge in [0.1, 0.15) is 16.3 Å². The van der Waals surface area contributed by atoms with Crippen LogP contribution < -0.4 is 9.64 Å². The minimum atomic E-state index is -3.49. The molecule has 1 aromatic carbocycles. The van der Waals surface area contributed by atoms with Crippen molar-refractivity contribution in [2.75, 3.05) is 37.7 Å². The Morgan fingerprint density at radius 2 is 1.76 bits per heavy atom. The fourth-order valence-electron chi connectivity index (χ4n) is 3.95. The molecule has 34 heavy (non-hydrogen) atoms. The minimum Gasteiger partial charge on any atom is -0.494 e. The van der Waals surface area contributed by atoms with Crippen molar-refractivity contribution in [3.05, 3.63) is 47.6 Å². The summed E-state index contributed by atoms with van der Waals surface area (Å²) in [6, 6.07) is 11.2. The molecule has 0 unspecified atom stereocenters. The molecule has 0 spiro atoms. The molecule has 1 saturated heterocycles. The maximum atomic E-state index is 13.1. The molecule has 0 N–H and O–H groups in total. The summed E-state index contributed by atoms with van der Waals surface area (Å²) in [7, 11) is -3.49. The molecule has 0 amide bonds. The van der Waals surface area contributed by atoms with E-state index >= 15 is 0 Å². The van der Waals surface area contributed by atoms with E-state index in [2.05, 4.69) is 20.3 Å². The Morgan fingerprint density at radius 1 is 1.00 bits per heavy atom. The zero-order valence-electron chi connectivity index (χ0n) is 19.0. The van der Waals surface area contributed by atoms with Gasteiger partial charge in [-0.05, 0) is 49.7 Å². The zero-order valence-corrected chi connectivity index (χ0v) is 20.6. The summed E-state index contributed by atoms with van der Waals surface area (Å²) < 4.78 is 35.2. The van der Waals surface area contributed by atoms with Crippen molar-refractivity contribution in [1.82, 2.24) is 29.3 Å². The lowest BCUT2D eigenvalue weighted by Crippen LogP contribution is -2.48. The quantitative estimate of drug-likeness (QED) is 0.382. The number of hydrogen-bond acceptors (Lipinski definition) is 9. The summed E-state index contributed by atoms with van der Waals surface area (Å²) in [6.07, 6.45) is 2.32. The van der Waals surface area contributed by atoms with Gasteiger partial charge in [-0.2, -0.15) is 8.99 Å². The lowest BCUT2D eigenvalue weighted by atomic mass is 10.3. The Bertz CT molecular complexity index is 1390. The van der Waals surface area contributed by atoms with Crippen LogP contribution in [0.2, 0.25) is 0 Å². The summed E-state index contributed by atoms with van der Waals surface area (Å²) in [5, 5.41) is 8.63. The van der Waals surface area contributed by atoms with Crippen LogP contribution in [0.4, 0.5) is 5.82 Å². The number of anilines is 1. The topological polar surface area (TPSA) is 106 Å². The number of thiophene rings is 1. The van der Waals surface area contributed by atoms with Crippen molar-refractivity contribution in [3.63, 3.8) is 0 Å². The predicted octanol–water partition coefficient (Wildman–Crippen LogP) is 2.74. The number of benzene rings is 1. The molecule has 178 valence electrons. The van der Waals surface area contributed by atoms with E-state index in [0.29, 0.717) is 54.0 Å². The molecular formula is C22H25N7O3S2. The van der Waals surface area contributed by atoms with Crippen molar-refractivity contribution in [1.29, 1.82) is 0 Å². The van der Waals surface area contributed by atoms with Gasteiger partial charge in [0.05, 0.1) is 12.3 Å². The Balaban J connectivity index is 1.35. The molecule has 1 aliphatic rings. The standard InChI is InChI=1S/C22H25N7O3S2/c1-3-18-9-10-19(33-18)34(30,31)28-13-11-27(12-14-28)21-20-22(24-15-23-21)29(26-25-20)16-5-7-17(8-6-16)32-4-2/h5-10,15H,3-4,11-14H2,1-2H3. The highest BCUT2D eigenvalue weighted by molar-refractivity contribution is 7.91. The van der Waals surface area contributed by atoms with E-state index in [-0.39, 0.29) is 0 Å². The number of sulfonamides is 1. The normalized spacial score (nSPS) is 15.2. The van der Waals surface area contributed by atoms with Gasteiger partial charge in [0.2, 0.25) is 0 Å². The van der Waals surface area contributed by atoms with Crippen LogP contribution in [0, 0.1) is 0 Å². The first-order valence-electron chi connectivity index (χ1n) is 11.1. The smallest absolute Gasteiger partial charge is 0.252 e. The maximum absolute atomic E-state index is 13.1. The molecule has 0 bridgehead atoms. The monoisotopic (exact) mass is 499 g/mol. The van der Waals surface area contributed by atoms with E-state index in [1.165, 1.54) is 17.7 Å². The first-order valence-corrected chi connectivity index (χ1v) is 13.4. The van der Waals surface area contributed by atoms with Crippen molar-refractivity contribution >= 4 is 38.3 Å². The van der Waals surface area contributed by atoms with Crippen LogP contribution in [0.15, 0.2) is 46.9 Å². The molecule has 1 aliphatic heterocycles. The minimum absolute atomic E-state index is 0.375. The number of piperazine rings is 1. The Hall–Kier alpha value is -3.09. The van der Waals surface area contributed by atoms with Crippen molar-refractivity contribution in [2.24, 2.45) is 0 Å². The van der Waals surface area contributed by atoms with Gasteiger partial charge in [0.25, 0.3) is 10.0 Å². The molecule has 12 heteroatoms. The van der Waals surface area contributed by atoms with Crippen molar-refractivity contribution in [2.45, 2.75) is 24.5 Å². The van der Waals surface area contributed by atoms with Gasteiger partial charge in [0.15, 0.2) is 17.0 Å². The number of ether oxygens (including phenoxy) is 1. The van der Waals surface area contributed by atoms with Crippen LogP contribution in [0.1, 0.15) is 18.7 Å². The van der Waals surface area contributed by atoms with Crippen LogP contribution >= 0.6 is 11.3 Å². The molecule has 3 aromatic heterocycles. The number of aryl methyl sites for hydroxylation is 1. The number of nitrogens with zero attached hydrogens (tertiary/aromatic N) is 7. The number of rotatable bonds is 7. The molecule has 0 radical (unpaired) electrons. The van der Waals surface area contributed by atoms with Gasteiger partial charge in [0, 0.05) is 31.1 Å². The predicted molar refractivity (Wildman–Crippen MR) is 130 cm³/mol. The Kier molecular flexibility index (Phi) is 6.19. The SMILES string of the molecule is CCOc1ccc(-n2nnc3c(N4CCN(S(=O)(=O)c5ccc(CC)s5)CC4)ncnc32)cc1. The van der Waals surface area contributed by atoms with E-state index in [0.717, 1.165) is 22.7 Å². The van der Waals surface area contributed by atoms with E-state index < -0.39 is 10.0 Å². The van der Waals surface area contributed by atoms with E-state index in [9.17, 15) is 8.42 Å². The average molecular weight is 500 g/mol. The molecule has 0 saturated carbocycles. The largest absolute Gasteiger partial charge is 0.494 e. The highest BCUT2D eigenvalue weighted by Crippen LogP contribution is 2.28. The van der Waals surface area contributed by atoms with Crippen LogP contribution in [0.3, 0.4) is 0 Å². The molecule has 4 heterocycles. The second-order valence-electron chi connectivity index (χ2n) is 7.76. The molecule has 0 atom stereocenters.